The van der Waals surface area contributed by atoms with E-state index in [4.69, 9.17) is 4.74 Å². The zero-order valence-electron chi connectivity index (χ0n) is 12.3. The number of ether oxygens (including phenoxy) is 1. The Morgan fingerprint density at radius 3 is 2.61 bits per heavy atom. The van der Waals surface area contributed by atoms with Gasteiger partial charge in [0.25, 0.3) is 0 Å². The zero-order valence-corrected chi connectivity index (χ0v) is 12.3. The molecule has 0 bridgehead atoms. The Morgan fingerprint density at radius 2 is 1.83 bits per heavy atom. The van der Waals surface area contributed by atoms with Gasteiger partial charge in [0.05, 0.1) is 6.61 Å². The van der Waals surface area contributed by atoms with Gasteiger partial charge < -0.3 is 10.1 Å². The minimum Gasteiger partial charge on any atom is -0.380 e. The molecule has 2 aliphatic rings. The molecule has 2 heteroatoms. The SMILES string of the molecule is CC(C)COCCNC1CCC2CCCCC2C1. The summed E-state index contributed by atoms with van der Waals surface area (Å²) < 4.78 is 5.63. The molecule has 0 spiro atoms. The molecule has 2 nitrogen and oxygen atoms in total. The van der Waals surface area contributed by atoms with Crippen LogP contribution in [0.4, 0.5) is 0 Å². The lowest BCUT2D eigenvalue weighted by Gasteiger charge is -2.39. The standard InChI is InChI=1S/C16H31NO/c1-13(2)12-18-10-9-17-16-8-7-14-5-3-4-6-15(14)11-16/h13-17H,3-12H2,1-2H3. The van der Waals surface area contributed by atoms with Gasteiger partial charge in [0.1, 0.15) is 0 Å². The third-order valence-electron chi connectivity index (χ3n) is 4.67. The van der Waals surface area contributed by atoms with Crippen LogP contribution in [0.2, 0.25) is 0 Å². The Balaban J connectivity index is 1.57. The maximum absolute atomic E-state index is 5.63. The lowest BCUT2D eigenvalue weighted by molar-refractivity contribution is 0.101. The molecule has 3 atom stereocenters. The second kappa shape index (κ2) is 7.49. The summed E-state index contributed by atoms with van der Waals surface area (Å²) in [5, 5.41) is 3.70. The maximum atomic E-state index is 5.63. The first-order valence-corrected chi connectivity index (χ1v) is 8.07. The van der Waals surface area contributed by atoms with Gasteiger partial charge in [-0.05, 0) is 37.0 Å². The Kier molecular flexibility index (Phi) is 5.97. The van der Waals surface area contributed by atoms with Gasteiger partial charge in [-0.1, -0.05) is 39.5 Å². The molecule has 0 radical (unpaired) electrons. The molecule has 0 aliphatic heterocycles. The predicted octanol–water partition coefficient (Wildman–Crippen LogP) is 3.61. The molecule has 0 aromatic carbocycles. The Labute approximate surface area is 113 Å². The van der Waals surface area contributed by atoms with Gasteiger partial charge in [0.2, 0.25) is 0 Å². The molecule has 106 valence electrons. The molecule has 2 aliphatic carbocycles. The fourth-order valence-electron chi connectivity index (χ4n) is 3.71. The van der Waals surface area contributed by atoms with Crippen LogP contribution >= 0.6 is 0 Å². The molecule has 2 saturated carbocycles. The van der Waals surface area contributed by atoms with Crippen LogP contribution in [-0.4, -0.2) is 25.8 Å². The van der Waals surface area contributed by atoms with E-state index in [0.29, 0.717) is 5.92 Å². The number of rotatable bonds is 6. The van der Waals surface area contributed by atoms with Crippen molar-refractivity contribution in [1.29, 1.82) is 0 Å². The lowest BCUT2D eigenvalue weighted by Crippen LogP contribution is -2.40. The first-order chi connectivity index (χ1) is 8.75. The minimum atomic E-state index is 0.655. The van der Waals surface area contributed by atoms with Gasteiger partial charge in [0.15, 0.2) is 0 Å². The molecule has 0 aromatic rings. The van der Waals surface area contributed by atoms with E-state index in [1.807, 2.05) is 0 Å². The molecular formula is C16H31NO. The molecule has 0 aromatic heterocycles. The van der Waals surface area contributed by atoms with Crippen LogP contribution in [0.5, 0.6) is 0 Å². The van der Waals surface area contributed by atoms with E-state index in [0.717, 1.165) is 37.6 Å². The Bertz CT molecular complexity index is 229. The highest BCUT2D eigenvalue weighted by Crippen LogP contribution is 2.40. The predicted molar refractivity (Wildman–Crippen MR) is 76.7 cm³/mol. The number of nitrogens with one attached hydrogen (secondary N) is 1. The third kappa shape index (κ3) is 4.55. The molecule has 0 saturated heterocycles. The van der Waals surface area contributed by atoms with Crippen molar-refractivity contribution in [3.05, 3.63) is 0 Å². The quantitative estimate of drug-likeness (QED) is 0.730. The molecule has 0 heterocycles. The summed E-state index contributed by atoms with van der Waals surface area (Å²) in [6.45, 7) is 7.23. The van der Waals surface area contributed by atoms with Gasteiger partial charge in [-0.25, -0.2) is 0 Å². The minimum absolute atomic E-state index is 0.655. The van der Waals surface area contributed by atoms with E-state index in [1.165, 1.54) is 44.9 Å². The second-order valence-electron chi connectivity index (χ2n) is 6.74. The molecule has 2 rings (SSSR count). The van der Waals surface area contributed by atoms with Crippen LogP contribution in [-0.2, 0) is 4.74 Å². The number of hydrogen-bond acceptors (Lipinski definition) is 2. The van der Waals surface area contributed by atoms with Gasteiger partial charge in [-0.2, -0.15) is 0 Å². The summed E-state index contributed by atoms with van der Waals surface area (Å²) in [6.07, 6.45) is 10.3. The summed E-state index contributed by atoms with van der Waals surface area (Å²) in [5.74, 6) is 2.75. The van der Waals surface area contributed by atoms with E-state index in [9.17, 15) is 0 Å². The van der Waals surface area contributed by atoms with Crippen molar-refractivity contribution in [1.82, 2.24) is 5.32 Å². The molecule has 1 N–H and O–H groups in total. The summed E-state index contributed by atoms with van der Waals surface area (Å²) in [4.78, 5) is 0. The molecule has 18 heavy (non-hydrogen) atoms. The average Bonchev–Trinajstić information content (AvgIpc) is 2.38. The normalized spacial score (nSPS) is 32.5. The van der Waals surface area contributed by atoms with Crippen LogP contribution in [0.1, 0.15) is 58.8 Å². The van der Waals surface area contributed by atoms with E-state index in [1.54, 1.807) is 0 Å². The second-order valence-corrected chi connectivity index (χ2v) is 6.74. The van der Waals surface area contributed by atoms with Gasteiger partial charge in [0, 0.05) is 19.2 Å². The van der Waals surface area contributed by atoms with Crippen molar-refractivity contribution in [2.75, 3.05) is 19.8 Å². The van der Waals surface area contributed by atoms with Crippen LogP contribution in [0.25, 0.3) is 0 Å². The third-order valence-corrected chi connectivity index (χ3v) is 4.67. The van der Waals surface area contributed by atoms with Crippen molar-refractivity contribution >= 4 is 0 Å². The van der Waals surface area contributed by atoms with Gasteiger partial charge >= 0.3 is 0 Å². The monoisotopic (exact) mass is 253 g/mol. The zero-order chi connectivity index (χ0) is 12.8. The highest BCUT2D eigenvalue weighted by Gasteiger charge is 2.31. The summed E-state index contributed by atoms with van der Waals surface area (Å²) in [7, 11) is 0. The first-order valence-electron chi connectivity index (χ1n) is 8.07. The molecule has 0 amide bonds. The topological polar surface area (TPSA) is 21.3 Å². The molecule has 2 fully saturated rings. The van der Waals surface area contributed by atoms with Crippen molar-refractivity contribution in [2.24, 2.45) is 17.8 Å². The summed E-state index contributed by atoms with van der Waals surface area (Å²) in [5.41, 5.74) is 0. The van der Waals surface area contributed by atoms with Gasteiger partial charge in [-0.3, -0.25) is 0 Å². The van der Waals surface area contributed by atoms with Crippen LogP contribution in [0.15, 0.2) is 0 Å². The highest BCUT2D eigenvalue weighted by atomic mass is 16.5. The van der Waals surface area contributed by atoms with Crippen molar-refractivity contribution < 1.29 is 4.74 Å². The first kappa shape index (κ1) is 14.3. The Morgan fingerprint density at radius 1 is 1.06 bits per heavy atom. The highest BCUT2D eigenvalue weighted by molar-refractivity contribution is 4.86. The van der Waals surface area contributed by atoms with Crippen molar-refractivity contribution in [2.45, 2.75) is 64.8 Å². The molecule has 3 unspecified atom stereocenters. The Hall–Kier alpha value is -0.0800. The lowest BCUT2D eigenvalue weighted by atomic mass is 9.69. The van der Waals surface area contributed by atoms with Crippen LogP contribution in [0.3, 0.4) is 0 Å². The molecular weight excluding hydrogens is 222 g/mol. The average molecular weight is 253 g/mol. The number of fused-ring (bicyclic) bond motifs is 1. The van der Waals surface area contributed by atoms with E-state index in [-0.39, 0.29) is 0 Å². The van der Waals surface area contributed by atoms with Crippen LogP contribution < -0.4 is 5.32 Å². The fourth-order valence-corrected chi connectivity index (χ4v) is 3.71. The largest absolute Gasteiger partial charge is 0.380 e. The van der Waals surface area contributed by atoms with E-state index < -0.39 is 0 Å². The summed E-state index contributed by atoms with van der Waals surface area (Å²) in [6, 6.07) is 0.770. The fraction of sp³-hybridized carbons (Fsp3) is 1.00. The smallest absolute Gasteiger partial charge is 0.0591 e. The van der Waals surface area contributed by atoms with Gasteiger partial charge in [-0.15, -0.1) is 0 Å². The van der Waals surface area contributed by atoms with Crippen LogP contribution in [0, 0.1) is 17.8 Å². The van der Waals surface area contributed by atoms with Crippen molar-refractivity contribution in [3.8, 4) is 0 Å². The maximum Gasteiger partial charge on any atom is 0.0591 e. The van der Waals surface area contributed by atoms with E-state index in [2.05, 4.69) is 19.2 Å². The number of hydrogen-bond donors (Lipinski definition) is 1. The summed E-state index contributed by atoms with van der Waals surface area (Å²) >= 11 is 0. The van der Waals surface area contributed by atoms with E-state index >= 15 is 0 Å². The van der Waals surface area contributed by atoms with Crippen molar-refractivity contribution in [3.63, 3.8) is 0 Å².